The van der Waals surface area contributed by atoms with Crippen LogP contribution in [0.25, 0.3) is 11.3 Å². The van der Waals surface area contributed by atoms with Gasteiger partial charge in [0.25, 0.3) is 0 Å². The summed E-state index contributed by atoms with van der Waals surface area (Å²) in [4.78, 5) is 0. The highest BCUT2D eigenvalue weighted by Gasteiger charge is 2.13. The van der Waals surface area contributed by atoms with Crippen molar-refractivity contribution in [2.24, 2.45) is 0 Å². The van der Waals surface area contributed by atoms with Crippen LogP contribution in [0.4, 0.5) is 8.78 Å². The number of hydrogen-bond acceptors (Lipinski definition) is 3. The minimum absolute atomic E-state index is 0.0637. The number of nitrogens with zero attached hydrogens (tertiary/aromatic N) is 2. The number of ether oxygens (including phenoxy) is 1. The first-order valence-electron chi connectivity index (χ1n) is 6.91. The van der Waals surface area contributed by atoms with Crippen LogP contribution in [0.5, 0.6) is 11.5 Å². The Morgan fingerprint density at radius 2 is 1.83 bits per heavy atom. The van der Waals surface area contributed by atoms with Gasteiger partial charge in [-0.3, -0.25) is 4.68 Å². The third-order valence-electron chi connectivity index (χ3n) is 3.44. The molecule has 0 aliphatic carbocycles. The fraction of sp³-hybridized carbons (Fsp3) is 0.118. The first-order chi connectivity index (χ1) is 11.1. The predicted molar refractivity (Wildman–Crippen MR) is 81.3 cm³/mol. The highest BCUT2D eigenvalue weighted by atomic mass is 19.1. The number of rotatable bonds is 4. The summed E-state index contributed by atoms with van der Waals surface area (Å²) < 4.78 is 33.7. The van der Waals surface area contributed by atoms with Gasteiger partial charge in [-0.2, -0.15) is 5.10 Å². The van der Waals surface area contributed by atoms with Crippen molar-refractivity contribution in [1.82, 2.24) is 9.78 Å². The molecule has 1 N–H and O–H groups in total. The summed E-state index contributed by atoms with van der Waals surface area (Å²) in [5.41, 5.74) is 1.31. The van der Waals surface area contributed by atoms with Gasteiger partial charge < -0.3 is 9.84 Å². The minimum atomic E-state index is -0.758. The van der Waals surface area contributed by atoms with Crippen LogP contribution in [0.15, 0.2) is 48.7 Å². The highest BCUT2D eigenvalue weighted by molar-refractivity contribution is 5.61. The third-order valence-corrected chi connectivity index (χ3v) is 3.44. The van der Waals surface area contributed by atoms with Gasteiger partial charge in [0.15, 0.2) is 17.4 Å². The molecule has 23 heavy (non-hydrogen) atoms. The van der Waals surface area contributed by atoms with E-state index in [1.807, 2.05) is 24.3 Å². The lowest BCUT2D eigenvalue weighted by Crippen LogP contribution is -2.00. The zero-order chi connectivity index (χ0) is 16.4. The molecule has 0 unspecified atom stereocenters. The van der Waals surface area contributed by atoms with E-state index in [0.29, 0.717) is 12.1 Å². The molecule has 6 heteroatoms. The summed E-state index contributed by atoms with van der Waals surface area (Å²) in [5.74, 6) is -1.09. The van der Waals surface area contributed by atoms with E-state index in [-0.39, 0.29) is 5.69 Å². The first-order valence-corrected chi connectivity index (χ1v) is 6.91. The number of phenols is 1. The monoisotopic (exact) mass is 316 g/mol. The van der Waals surface area contributed by atoms with Crippen molar-refractivity contribution >= 4 is 0 Å². The molecular formula is C17H14F2N2O2. The molecule has 0 atom stereocenters. The molecule has 4 nitrogen and oxygen atoms in total. The van der Waals surface area contributed by atoms with Crippen molar-refractivity contribution in [3.63, 3.8) is 0 Å². The quantitative estimate of drug-likeness (QED) is 0.800. The van der Waals surface area contributed by atoms with Crippen LogP contribution < -0.4 is 4.74 Å². The van der Waals surface area contributed by atoms with Crippen molar-refractivity contribution in [2.75, 3.05) is 7.11 Å². The van der Waals surface area contributed by atoms with E-state index < -0.39 is 17.4 Å². The van der Waals surface area contributed by atoms with Crippen LogP contribution in [0.1, 0.15) is 5.56 Å². The average Bonchev–Trinajstić information content (AvgIpc) is 2.91. The van der Waals surface area contributed by atoms with E-state index in [1.54, 1.807) is 7.11 Å². The van der Waals surface area contributed by atoms with Gasteiger partial charge in [-0.05, 0) is 35.9 Å². The van der Waals surface area contributed by atoms with Gasteiger partial charge in [0.2, 0.25) is 0 Å². The van der Waals surface area contributed by atoms with Crippen LogP contribution >= 0.6 is 0 Å². The first kappa shape index (κ1) is 15.0. The highest BCUT2D eigenvalue weighted by Crippen LogP contribution is 2.26. The smallest absolute Gasteiger partial charge is 0.169 e. The predicted octanol–water partition coefficient (Wildman–Crippen LogP) is 3.59. The van der Waals surface area contributed by atoms with Crippen molar-refractivity contribution in [2.45, 2.75) is 6.54 Å². The molecule has 1 aromatic heterocycles. The molecule has 0 bridgehead atoms. The lowest BCUT2D eigenvalue weighted by Gasteiger charge is -2.04. The molecule has 0 saturated carbocycles. The lowest BCUT2D eigenvalue weighted by molar-refractivity contribution is 0.414. The number of benzene rings is 2. The van der Waals surface area contributed by atoms with Gasteiger partial charge in [-0.25, -0.2) is 8.78 Å². The number of phenolic OH excluding ortho intramolecular Hbond substituents is 1. The summed E-state index contributed by atoms with van der Waals surface area (Å²) in [5, 5.41) is 13.6. The maximum absolute atomic E-state index is 14.1. The Balaban J connectivity index is 1.86. The van der Waals surface area contributed by atoms with E-state index >= 15 is 0 Å². The van der Waals surface area contributed by atoms with Crippen molar-refractivity contribution in [1.29, 1.82) is 0 Å². The molecule has 0 radical (unpaired) electrons. The largest absolute Gasteiger partial charge is 0.505 e. The van der Waals surface area contributed by atoms with Crippen LogP contribution in [0.2, 0.25) is 0 Å². The number of halogens is 2. The van der Waals surface area contributed by atoms with Gasteiger partial charge in [-0.15, -0.1) is 0 Å². The fourth-order valence-electron chi connectivity index (χ4n) is 2.25. The van der Waals surface area contributed by atoms with Crippen molar-refractivity contribution < 1.29 is 18.6 Å². The minimum Gasteiger partial charge on any atom is -0.505 e. The molecule has 0 aliphatic heterocycles. The molecule has 2 aromatic carbocycles. The molecule has 0 aliphatic rings. The number of aromatic nitrogens is 2. The van der Waals surface area contributed by atoms with Gasteiger partial charge in [0.05, 0.1) is 19.9 Å². The Kier molecular flexibility index (Phi) is 3.97. The number of methoxy groups -OCH3 is 1. The van der Waals surface area contributed by atoms with E-state index in [4.69, 9.17) is 4.74 Å². The van der Waals surface area contributed by atoms with Crippen molar-refractivity contribution in [3.8, 4) is 22.8 Å². The van der Waals surface area contributed by atoms with Gasteiger partial charge in [0, 0.05) is 5.56 Å². The maximum atomic E-state index is 14.1. The standard InChI is InChI=1S/C17H14F2N2O2/c1-23-13-5-2-11(3-6-13)9-21-10-15(19)17(20-21)12-4-7-14(18)16(22)8-12/h2-8,10,22H,9H2,1H3. The van der Waals surface area contributed by atoms with E-state index in [1.165, 1.54) is 16.9 Å². The normalized spacial score (nSPS) is 10.7. The molecule has 0 saturated heterocycles. The van der Waals surface area contributed by atoms with E-state index in [0.717, 1.165) is 23.4 Å². The molecule has 118 valence electrons. The zero-order valence-corrected chi connectivity index (χ0v) is 12.3. The van der Waals surface area contributed by atoms with Crippen LogP contribution in [0, 0.1) is 11.6 Å². The second kappa shape index (κ2) is 6.08. The summed E-state index contributed by atoms with van der Waals surface area (Å²) >= 11 is 0. The van der Waals surface area contributed by atoms with Crippen LogP contribution in [-0.4, -0.2) is 22.0 Å². The summed E-state index contributed by atoms with van der Waals surface area (Å²) in [6, 6.07) is 11.0. The topological polar surface area (TPSA) is 47.3 Å². The SMILES string of the molecule is COc1ccc(Cn2cc(F)c(-c3ccc(F)c(O)c3)n2)cc1. The average molecular weight is 316 g/mol. The number of aromatic hydroxyl groups is 1. The molecule has 0 amide bonds. The molecule has 1 heterocycles. The Morgan fingerprint density at radius 1 is 1.09 bits per heavy atom. The second-order valence-electron chi connectivity index (χ2n) is 5.04. The molecule has 0 fully saturated rings. The van der Waals surface area contributed by atoms with Gasteiger partial charge in [-0.1, -0.05) is 12.1 Å². The Labute approximate surface area is 131 Å². The van der Waals surface area contributed by atoms with Gasteiger partial charge in [0.1, 0.15) is 11.4 Å². The summed E-state index contributed by atoms with van der Waals surface area (Å²) in [6.07, 6.45) is 1.26. The summed E-state index contributed by atoms with van der Waals surface area (Å²) in [7, 11) is 1.59. The van der Waals surface area contributed by atoms with Gasteiger partial charge >= 0.3 is 0 Å². The third kappa shape index (κ3) is 3.15. The van der Waals surface area contributed by atoms with Crippen molar-refractivity contribution in [3.05, 3.63) is 65.9 Å². The maximum Gasteiger partial charge on any atom is 0.169 e. The van der Waals surface area contributed by atoms with E-state index in [9.17, 15) is 13.9 Å². The van der Waals surface area contributed by atoms with E-state index in [2.05, 4.69) is 5.10 Å². The Hall–Kier alpha value is -2.89. The lowest BCUT2D eigenvalue weighted by atomic mass is 10.1. The number of hydrogen-bond donors (Lipinski definition) is 1. The Morgan fingerprint density at radius 3 is 2.48 bits per heavy atom. The zero-order valence-electron chi connectivity index (χ0n) is 12.3. The van der Waals surface area contributed by atoms with Crippen LogP contribution in [-0.2, 0) is 6.54 Å². The molecular weight excluding hydrogens is 302 g/mol. The fourth-order valence-corrected chi connectivity index (χ4v) is 2.25. The molecule has 3 rings (SSSR count). The molecule has 3 aromatic rings. The van der Waals surface area contributed by atoms with Crippen LogP contribution in [0.3, 0.4) is 0 Å². The summed E-state index contributed by atoms with van der Waals surface area (Å²) in [6.45, 7) is 0.383. The Bertz CT molecular complexity index is 829. The molecule has 0 spiro atoms. The second-order valence-corrected chi connectivity index (χ2v) is 5.04.